The minimum absolute atomic E-state index is 0.959. The number of quaternary nitrogens is 1. The Bertz CT molecular complexity index is 132. The Labute approximate surface area is 69.2 Å². The monoisotopic (exact) mass is 154 g/mol. The van der Waals surface area contributed by atoms with Crippen molar-refractivity contribution in [3.05, 3.63) is 7.05 Å². The highest BCUT2D eigenvalue weighted by molar-refractivity contribution is 4.84. The molecule has 2 rings (SSSR count). The molecule has 0 spiro atoms. The Balaban J connectivity index is 1.82. The quantitative estimate of drug-likeness (QED) is 0.502. The third kappa shape index (κ3) is 1.94. The Morgan fingerprint density at radius 2 is 2.00 bits per heavy atom. The maximum atomic E-state index is 4.06. The maximum absolute atomic E-state index is 4.06. The number of rotatable bonds is 1. The van der Waals surface area contributed by atoms with E-state index >= 15 is 0 Å². The Morgan fingerprint density at radius 3 is 2.73 bits per heavy atom. The normalized spacial score (nSPS) is 35.2. The molecule has 0 bridgehead atoms. The van der Waals surface area contributed by atoms with Crippen molar-refractivity contribution in [2.75, 3.05) is 26.2 Å². The van der Waals surface area contributed by atoms with E-state index in [1.807, 2.05) is 0 Å². The summed E-state index contributed by atoms with van der Waals surface area (Å²) < 4.78 is 0. The second-order valence-corrected chi connectivity index (χ2v) is 3.87. The molecule has 2 fully saturated rings. The van der Waals surface area contributed by atoms with E-state index in [0.29, 0.717) is 0 Å². The SMILES string of the molecule is [CH2-][NH+]1CCCN(C2CC2)CC1. The van der Waals surface area contributed by atoms with Gasteiger partial charge in [0.2, 0.25) is 0 Å². The molecule has 1 aliphatic carbocycles. The van der Waals surface area contributed by atoms with Gasteiger partial charge in [-0.05, 0) is 12.8 Å². The fraction of sp³-hybridized carbons (Fsp3) is 0.889. The molecule has 0 aromatic carbocycles. The lowest BCUT2D eigenvalue weighted by Crippen LogP contribution is -3.07. The minimum Gasteiger partial charge on any atom is -0.467 e. The van der Waals surface area contributed by atoms with Crippen LogP contribution in [-0.4, -0.2) is 37.1 Å². The molecule has 1 aliphatic heterocycles. The van der Waals surface area contributed by atoms with E-state index in [9.17, 15) is 0 Å². The van der Waals surface area contributed by atoms with Gasteiger partial charge in [0.05, 0.1) is 13.1 Å². The lowest BCUT2D eigenvalue weighted by molar-refractivity contribution is -0.851. The van der Waals surface area contributed by atoms with E-state index < -0.39 is 0 Å². The van der Waals surface area contributed by atoms with E-state index in [-0.39, 0.29) is 0 Å². The molecular formula is C9H18N2. The number of hydrogen-bond acceptors (Lipinski definition) is 1. The molecule has 0 aromatic rings. The molecule has 2 nitrogen and oxygen atoms in total. The van der Waals surface area contributed by atoms with E-state index in [0.717, 1.165) is 6.04 Å². The molecule has 64 valence electrons. The van der Waals surface area contributed by atoms with Crippen LogP contribution in [0, 0.1) is 7.05 Å². The molecule has 1 saturated carbocycles. The summed E-state index contributed by atoms with van der Waals surface area (Å²) in [4.78, 5) is 4.12. The smallest absolute Gasteiger partial charge is 0.0660 e. The summed E-state index contributed by atoms with van der Waals surface area (Å²) in [7, 11) is 4.06. The van der Waals surface area contributed by atoms with Gasteiger partial charge in [0.15, 0.2) is 0 Å². The number of nitrogens with one attached hydrogen (secondary N) is 1. The zero-order valence-electron chi connectivity index (χ0n) is 7.18. The first-order valence-corrected chi connectivity index (χ1v) is 4.77. The van der Waals surface area contributed by atoms with E-state index in [4.69, 9.17) is 0 Å². The van der Waals surface area contributed by atoms with Crippen molar-refractivity contribution in [3.8, 4) is 0 Å². The van der Waals surface area contributed by atoms with Crippen LogP contribution in [0.2, 0.25) is 0 Å². The zero-order chi connectivity index (χ0) is 7.68. The number of hydrogen-bond donors (Lipinski definition) is 1. The molecule has 1 unspecified atom stereocenters. The second kappa shape index (κ2) is 3.11. The second-order valence-electron chi connectivity index (χ2n) is 3.87. The van der Waals surface area contributed by atoms with Gasteiger partial charge < -0.3 is 4.90 Å². The van der Waals surface area contributed by atoms with Crippen molar-refractivity contribution in [3.63, 3.8) is 0 Å². The summed E-state index contributed by atoms with van der Waals surface area (Å²) in [6.45, 7) is 5.12. The molecule has 1 atom stereocenters. The van der Waals surface area contributed by atoms with E-state index in [1.54, 1.807) is 0 Å². The average molecular weight is 154 g/mol. The summed E-state index contributed by atoms with van der Waals surface area (Å²) in [6.07, 6.45) is 4.24. The fourth-order valence-corrected chi connectivity index (χ4v) is 1.88. The molecule has 2 aliphatic rings. The molecule has 0 aromatic heterocycles. The van der Waals surface area contributed by atoms with Crippen molar-refractivity contribution < 1.29 is 4.90 Å². The summed E-state index contributed by atoms with van der Waals surface area (Å²) in [6, 6.07) is 0.959. The molecule has 1 heterocycles. The van der Waals surface area contributed by atoms with Crippen LogP contribution in [0.5, 0.6) is 0 Å². The third-order valence-electron chi connectivity index (χ3n) is 2.79. The molecule has 1 saturated heterocycles. The molecule has 0 amide bonds. The van der Waals surface area contributed by atoms with Gasteiger partial charge >= 0.3 is 0 Å². The van der Waals surface area contributed by atoms with Crippen LogP contribution in [0.25, 0.3) is 0 Å². The van der Waals surface area contributed by atoms with Crippen LogP contribution < -0.4 is 4.90 Å². The van der Waals surface area contributed by atoms with Gasteiger partial charge in [-0.3, -0.25) is 4.90 Å². The van der Waals surface area contributed by atoms with Gasteiger partial charge in [-0.15, -0.1) is 0 Å². The minimum atomic E-state index is 0.959. The maximum Gasteiger partial charge on any atom is 0.0660 e. The third-order valence-corrected chi connectivity index (χ3v) is 2.79. The van der Waals surface area contributed by atoms with Gasteiger partial charge in [-0.2, -0.15) is 7.05 Å². The van der Waals surface area contributed by atoms with Gasteiger partial charge in [0.25, 0.3) is 0 Å². The Kier molecular flexibility index (Phi) is 2.14. The highest BCUT2D eigenvalue weighted by Gasteiger charge is 2.29. The molecule has 0 radical (unpaired) electrons. The van der Waals surface area contributed by atoms with Crippen molar-refractivity contribution in [1.29, 1.82) is 0 Å². The summed E-state index contributed by atoms with van der Waals surface area (Å²) in [5.41, 5.74) is 0. The van der Waals surface area contributed by atoms with E-state index in [2.05, 4.69) is 11.9 Å². The fourth-order valence-electron chi connectivity index (χ4n) is 1.88. The summed E-state index contributed by atoms with van der Waals surface area (Å²) >= 11 is 0. The van der Waals surface area contributed by atoms with Gasteiger partial charge in [0.1, 0.15) is 0 Å². The molecule has 11 heavy (non-hydrogen) atoms. The lowest BCUT2D eigenvalue weighted by atomic mass is 10.4. The average Bonchev–Trinajstić information content (AvgIpc) is 2.73. The van der Waals surface area contributed by atoms with Crippen molar-refractivity contribution >= 4 is 0 Å². The van der Waals surface area contributed by atoms with Crippen LogP contribution in [0.3, 0.4) is 0 Å². The molecular weight excluding hydrogens is 136 g/mol. The topological polar surface area (TPSA) is 7.68 Å². The first-order chi connectivity index (χ1) is 5.36. The predicted molar refractivity (Wildman–Crippen MR) is 45.3 cm³/mol. The van der Waals surface area contributed by atoms with Crippen molar-refractivity contribution in [2.45, 2.75) is 25.3 Å². The van der Waals surface area contributed by atoms with Gasteiger partial charge in [-0.25, -0.2) is 0 Å². The lowest BCUT2D eigenvalue weighted by Gasteiger charge is -2.19. The molecule has 1 N–H and O–H groups in total. The Hall–Kier alpha value is -0.0800. The Morgan fingerprint density at radius 1 is 1.18 bits per heavy atom. The molecule has 2 heteroatoms. The van der Waals surface area contributed by atoms with Crippen LogP contribution in [-0.2, 0) is 0 Å². The highest BCUT2D eigenvalue weighted by atomic mass is 15.2. The van der Waals surface area contributed by atoms with Crippen LogP contribution >= 0.6 is 0 Å². The highest BCUT2D eigenvalue weighted by Crippen LogP contribution is 2.26. The van der Waals surface area contributed by atoms with Crippen LogP contribution in [0.1, 0.15) is 19.3 Å². The van der Waals surface area contributed by atoms with Crippen LogP contribution in [0.4, 0.5) is 0 Å². The largest absolute Gasteiger partial charge is 0.467 e. The first-order valence-electron chi connectivity index (χ1n) is 4.77. The standard InChI is InChI=1S/C9H18N2/c1-10-5-2-6-11(8-7-10)9-3-4-9/h9-10H,1-8H2. The van der Waals surface area contributed by atoms with Gasteiger partial charge in [-0.1, -0.05) is 0 Å². The summed E-state index contributed by atoms with van der Waals surface area (Å²) in [5.74, 6) is 0. The van der Waals surface area contributed by atoms with E-state index in [1.165, 1.54) is 50.3 Å². The van der Waals surface area contributed by atoms with Crippen molar-refractivity contribution in [2.24, 2.45) is 0 Å². The van der Waals surface area contributed by atoms with Crippen molar-refractivity contribution in [1.82, 2.24) is 4.90 Å². The predicted octanol–water partition coefficient (Wildman–Crippen LogP) is -0.469. The van der Waals surface area contributed by atoms with Crippen LogP contribution in [0.15, 0.2) is 0 Å². The van der Waals surface area contributed by atoms with Gasteiger partial charge in [0, 0.05) is 25.6 Å². The summed E-state index contributed by atoms with van der Waals surface area (Å²) in [5, 5.41) is 0. The first kappa shape index (κ1) is 7.56. The zero-order valence-corrected chi connectivity index (χ0v) is 7.18. The number of nitrogens with zero attached hydrogens (tertiary/aromatic N) is 1.